The maximum Gasteiger partial charge on any atom is 0.405 e. The van der Waals surface area contributed by atoms with Crippen molar-refractivity contribution in [3.05, 3.63) is 29.8 Å². The minimum atomic E-state index is -2.89. The van der Waals surface area contributed by atoms with Crippen molar-refractivity contribution < 1.29 is 27.8 Å². The van der Waals surface area contributed by atoms with Gasteiger partial charge in [0.2, 0.25) is 11.9 Å². The van der Waals surface area contributed by atoms with Gasteiger partial charge < -0.3 is 24.8 Å². The quantitative estimate of drug-likeness (QED) is 0.497. The van der Waals surface area contributed by atoms with Crippen LogP contribution in [0.4, 0.5) is 19.5 Å². The van der Waals surface area contributed by atoms with Crippen LogP contribution in [0.3, 0.4) is 0 Å². The van der Waals surface area contributed by atoms with Crippen LogP contribution in [0.5, 0.6) is 5.75 Å². The van der Waals surface area contributed by atoms with Gasteiger partial charge in [0.25, 0.3) is 6.43 Å². The molecule has 2 saturated heterocycles. The molecule has 12 nitrogen and oxygen atoms in total. The summed E-state index contributed by atoms with van der Waals surface area (Å²) in [6, 6.07) is 4.70. The molecule has 198 valence electrons. The van der Waals surface area contributed by atoms with Crippen LogP contribution >= 0.6 is 0 Å². The third-order valence-electron chi connectivity index (χ3n) is 6.50. The van der Waals surface area contributed by atoms with E-state index in [1.54, 1.807) is 18.2 Å². The van der Waals surface area contributed by atoms with E-state index in [-0.39, 0.29) is 24.2 Å². The fourth-order valence-electron chi connectivity index (χ4n) is 4.72. The molecule has 2 aromatic heterocycles. The molecule has 0 bridgehead atoms. The number of halogens is 2. The first-order chi connectivity index (χ1) is 18.0. The average Bonchev–Trinajstić information content (AvgIpc) is 3.33. The Bertz CT molecular complexity index is 1270. The summed E-state index contributed by atoms with van der Waals surface area (Å²) >= 11 is 0. The molecule has 4 heterocycles. The normalized spacial score (nSPS) is 18.9. The van der Waals surface area contributed by atoms with Gasteiger partial charge in [-0.05, 0) is 25.0 Å². The molecule has 37 heavy (non-hydrogen) atoms. The number of ether oxygens (including phenoxy) is 3. The number of likely N-dealkylation sites (tertiary alicyclic amines) is 1. The van der Waals surface area contributed by atoms with Gasteiger partial charge in [0, 0.05) is 19.6 Å². The van der Waals surface area contributed by atoms with Crippen LogP contribution in [0, 0.1) is 0 Å². The molecule has 3 aromatic rings. The number of fused-ring (bicyclic) bond motifs is 1. The molecule has 2 fully saturated rings. The third kappa shape index (κ3) is 5.11. The lowest BCUT2D eigenvalue weighted by atomic mass is 10.0. The van der Waals surface area contributed by atoms with Crippen LogP contribution < -0.4 is 15.4 Å². The molecule has 14 heteroatoms. The first kappa shape index (κ1) is 25.0. The van der Waals surface area contributed by atoms with Crippen LogP contribution in [0.2, 0.25) is 0 Å². The molecular formula is C23H28F2N8O4. The minimum Gasteiger partial charge on any atom is -0.494 e. The number of methoxy groups -OCH3 is 1. The van der Waals surface area contributed by atoms with E-state index in [0.717, 1.165) is 12.8 Å². The van der Waals surface area contributed by atoms with Crippen LogP contribution in [0.1, 0.15) is 43.4 Å². The first-order valence-electron chi connectivity index (χ1n) is 12.0. The third-order valence-corrected chi connectivity index (χ3v) is 6.50. The van der Waals surface area contributed by atoms with Crippen LogP contribution in [-0.4, -0.2) is 82.2 Å². The number of aromatic nitrogens is 5. The summed E-state index contributed by atoms with van der Waals surface area (Å²) in [5, 5.41) is 0. The Kier molecular flexibility index (Phi) is 7.28. The Morgan fingerprint density at radius 3 is 2.65 bits per heavy atom. The highest BCUT2D eigenvalue weighted by molar-refractivity contribution is 5.84. The number of primary amides is 1. The summed E-state index contributed by atoms with van der Waals surface area (Å²) < 4.78 is 45.6. The molecule has 0 saturated carbocycles. The van der Waals surface area contributed by atoms with E-state index < -0.39 is 18.3 Å². The lowest BCUT2D eigenvalue weighted by Gasteiger charge is -2.34. The maximum atomic E-state index is 14.2. The lowest BCUT2D eigenvalue weighted by molar-refractivity contribution is 0.0259. The molecular weight excluding hydrogens is 490 g/mol. The number of amides is 1. The number of morpholine rings is 1. The minimum absolute atomic E-state index is 0.0264. The van der Waals surface area contributed by atoms with Crippen molar-refractivity contribution in [2.45, 2.75) is 31.7 Å². The summed E-state index contributed by atoms with van der Waals surface area (Å²) in [5.74, 6) is 0.641. The van der Waals surface area contributed by atoms with Gasteiger partial charge in [-0.3, -0.25) is 9.47 Å². The number of benzene rings is 1. The Morgan fingerprint density at radius 2 is 1.92 bits per heavy atom. The highest BCUT2D eigenvalue weighted by Crippen LogP contribution is 2.34. The number of imidazole rings is 1. The van der Waals surface area contributed by atoms with Crippen molar-refractivity contribution in [3.63, 3.8) is 0 Å². The second-order valence-corrected chi connectivity index (χ2v) is 8.74. The van der Waals surface area contributed by atoms with Gasteiger partial charge in [0.15, 0.2) is 11.6 Å². The first-order valence-corrected chi connectivity index (χ1v) is 12.0. The van der Waals surface area contributed by atoms with Crippen molar-refractivity contribution in [2.75, 3.05) is 51.6 Å². The van der Waals surface area contributed by atoms with E-state index in [1.807, 2.05) is 9.80 Å². The second kappa shape index (κ2) is 10.8. The smallest absolute Gasteiger partial charge is 0.405 e. The molecule has 2 aliphatic rings. The zero-order valence-electron chi connectivity index (χ0n) is 20.3. The SMILES string of the molecule is COc1cccc2c1nc(C(F)F)n2-c1nc([C@@H]2CCCCN2COC(N)=O)nc(N2CCOCC2)n1. The van der Waals surface area contributed by atoms with E-state index in [1.165, 1.54) is 11.7 Å². The molecule has 0 spiro atoms. The van der Waals surface area contributed by atoms with Crippen LogP contribution in [0.15, 0.2) is 18.2 Å². The number of anilines is 1. The van der Waals surface area contributed by atoms with E-state index in [0.29, 0.717) is 62.3 Å². The fourth-order valence-corrected chi connectivity index (χ4v) is 4.72. The van der Waals surface area contributed by atoms with Gasteiger partial charge in [0.1, 0.15) is 18.0 Å². The Balaban J connectivity index is 1.66. The highest BCUT2D eigenvalue weighted by atomic mass is 19.3. The molecule has 1 atom stereocenters. The molecule has 0 radical (unpaired) electrons. The fraction of sp³-hybridized carbons (Fsp3) is 0.522. The highest BCUT2D eigenvalue weighted by Gasteiger charge is 2.31. The van der Waals surface area contributed by atoms with Crippen molar-refractivity contribution in [2.24, 2.45) is 5.73 Å². The molecule has 2 aliphatic heterocycles. The number of hydrogen-bond donors (Lipinski definition) is 1. The predicted octanol–water partition coefficient (Wildman–Crippen LogP) is 2.57. The summed E-state index contributed by atoms with van der Waals surface area (Å²) in [5.41, 5.74) is 5.85. The lowest BCUT2D eigenvalue weighted by Crippen LogP contribution is -2.40. The predicted molar refractivity (Wildman–Crippen MR) is 128 cm³/mol. The van der Waals surface area contributed by atoms with E-state index in [2.05, 4.69) is 15.0 Å². The van der Waals surface area contributed by atoms with E-state index >= 15 is 0 Å². The topological polar surface area (TPSA) is 134 Å². The Morgan fingerprint density at radius 1 is 1.14 bits per heavy atom. The average molecular weight is 519 g/mol. The number of carbonyl (C=O) groups is 1. The van der Waals surface area contributed by atoms with Gasteiger partial charge >= 0.3 is 6.09 Å². The summed E-state index contributed by atoms with van der Waals surface area (Å²) in [4.78, 5) is 33.3. The molecule has 2 N–H and O–H groups in total. The number of piperidine rings is 1. The molecule has 1 amide bonds. The number of carbonyl (C=O) groups excluding carboxylic acids is 1. The number of para-hydroxylation sites is 1. The monoisotopic (exact) mass is 518 g/mol. The van der Waals surface area contributed by atoms with Crippen LogP contribution in [-0.2, 0) is 9.47 Å². The van der Waals surface area contributed by atoms with Crippen molar-refractivity contribution >= 4 is 23.1 Å². The van der Waals surface area contributed by atoms with Crippen molar-refractivity contribution in [3.8, 4) is 11.7 Å². The van der Waals surface area contributed by atoms with Gasteiger partial charge in [-0.1, -0.05) is 12.5 Å². The van der Waals surface area contributed by atoms with E-state index in [9.17, 15) is 13.6 Å². The molecule has 0 aliphatic carbocycles. The summed E-state index contributed by atoms with van der Waals surface area (Å²) in [6.07, 6.45) is -1.28. The van der Waals surface area contributed by atoms with Gasteiger partial charge in [-0.2, -0.15) is 15.0 Å². The number of nitrogens with two attached hydrogens (primary N) is 1. The second-order valence-electron chi connectivity index (χ2n) is 8.74. The zero-order chi connectivity index (χ0) is 25.9. The molecule has 1 aromatic carbocycles. The van der Waals surface area contributed by atoms with Crippen molar-refractivity contribution in [1.29, 1.82) is 0 Å². The number of hydrogen-bond acceptors (Lipinski definition) is 10. The molecule has 0 unspecified atom stereocenters. The largest absolute Gasteiger partial charge is 0.494 e. The number of nitrogens with zero attached hydrogens (tertiary/aromatic N) is 7. The Hall–Kier alpha value is -3.65. The van der Waals surface area contributed by atoms with Gasteiger partial charge in [-0.25, -0.2) is 18.6 Å². The van der Waals surface area contributed by atoms with Gasteiger partial charge in [-0.15, -0.1) is 0 Å². The maximum absolute atomic E-state index is 14.2. The number of alkyl halides is 2. The molecule has 5 rings (SSSR count). The Labute approximate surface area is 211 Å². The van der Waals surface area contributed by atoms with Gasteiger partial charge in [0.05, 0.1) is 31.9 Å². The summed E-state index contributed by atoms with van der Waals surface area (Å²) in [6.45, 7) is 2.68. The van der Waals surface area contributed by atoms with Crippen molar-refractivity contribution in [1.82, 2.24) is 29.4 Å². The standard InChI is InChI=1S/C23H28F2N8O4/c1-35-16-7-4-6-14-17(16)27-20(18(24)25)33(14)23-29-19(28-22(30-23)31-9-11-36-12-10-31)15-5-2-3-8-32(15)13-37-21(26)34/h4,6-7,15,18H,2-3,5,8-13H2,1H3,(H2,26,34)/t15-/m0/s1. The van der Waals surface area contributed by atoms with E-state index in [4.69, 9.17) is 24.9 Å². The number of rotatable bonds is 7. The summed E-state index contributed by atoms with van der Waals surface area (Å²) in [7, 11) is 1.46. The van der Waals surface area contributed by atoms with Crippen LogP contribution in [0.25, 0.3) is 17.0 Å². The zero-order valence-corrected chi connectivity index (χ0v) is 20.3.